The highest BCUT2D eigenvalue weighted by Crippen LogP contribution is 2.33. The molecule has 1 amide bonds. The number of carbonyl (C=O) groups is 1. The number of carbonyl (C=O) groups excluding carboxylic acids is 1. The molecule has 4 heterocycles. The number of nitrogen functional groups attached to an aromatic ring is 1. The van der Waals surface area contributed by atoms with Gasteiger partial charge in [-0.15, -0.1) is 0 Å². The molecule has 2 aromatic heterocycles. The number of fused-ring (bicyclic) bond motifs is 1. The molecule has 5 N–H and O–H groups in total. The number of imidazole rings is 1. The first-order valence-corrected chi connectivity index (χ1v) is 13.0. The largest absolute Gasteiger partial charge is 0.444 e. The zero-order valence-corrected chi connectivity index (χ0v) is 21.1. The van der Waals surface area contributed by atoms with Crippen molar-refractivity contribution in [2.75, 3.05) is 36.9 Å². The molecule has 0 aliphatic carbocycles. The van der Waals surface area contributed by atoms with Crippen LogP contribution in [-0.2, 0) is 9.47 Å². The standard InChI is InChI=1S/C22H35N7O5S/c1-22(2,3)34-21(32)27-13-4-6-28(7-5-13)8-9-35-10-14-16(30)17(31)20(33-14)29-12-26-15-18(23)24-11-25-19(15)29/h11-14,16-17,20,30-31H,4-10H2,1-3H3,(H,27,32)(H2,23,24,25)/t14-,16?,17?,20-/m1/s1. The average Bonchev–Trinajstić information content (AvgIpc) is 3.33. The van der Waals surface area contributed by atoms with Gasteiger partial charge in [0.25, 0.3) is 0 Å². The van der Waals surface area contributed by atoms with Crippen molar-refractivity contribution in [2.45, 2.75) is 69.8 Å². The maximum Gasteiger partial charge on any atom is 0.407 e. The summed E-state index contributed by atoms with van der Waals surface area (Å²) in [4.78, 5) is 26.6. The number of piperidine rings is 1. The van der Waals surface area contributed by atoms with Crippen LogP contribution in [0.4, 0.5) is 10.6 Å². The number of amides is 1. The molecule has 13 heteroatoms. The molecule has 2 unspecified atom stereocenters. The summed E-state index contributed by atoms with van der Waals surface area (Å²) in [6, 6.07) is 0.133. The Hall–Kier alpha value is -2.19. The van der Waals surface area contributed by atoms with Crippen molar-refractivity contribution < 1.29 is 24.5 Å². The summed E-state index contributed by atoms with van der Waals surface area (Å²) in [5.74, 6) is 1.67. The van der Waals surface area contributed by atoms with E-state index < -0.39 is 30.1 Å². The number of anilines is 1. The highest BCUT2D eigenvalue weighted by Gasteiger charge is 2.44. The Labute approximate surface area is 208 Å². The molecule has 4 rings (SSSR count). The van der Waals surface area contributed by atoms with E-state index in [-0.39, 0.29) is 18.0 Å². The van der Waals surface area contributed by atoms with Crippen LogP contribution in [0.25, 0.3) is 11.2 Å². The molecule has 194 valence electrons. The minimum Gasteiger partial charge on any atom is -0.444 e. The normalized spacial score (nSPS) is 26.3. The lowest BCUT2D eigenvalue weighted by molar-refractivity contribution is -0.0289. The quantitative estimate of drug-likeness (QED) is 0.390. The molecule has 2 aromatic rings. The second-order valence-electron chi connectivity index (χ2n) is 9.97. The minimum absolute atomic E-state index is 0.133. The van der Waals surface area contributed by atoms with Gasteiger partial charge in [-0.2, -0.15) is 11.8 Å². The zero-order chi connectivity index (χ0) is 25.2. The van der Waals surface area contributed by atoms with E-state index in [9.17, 15) is 15.0 Å². The number of aliphatic hydroxyl groups excluding tert-OH is 2. The zero-order valence-electron chi connectivity index (χ0n) is 20.3. The van der Waals surface area contributed by atoms with E-state index in [1.54, 1.807) is 16.3 Å². The Morgan fingerprint density at radius 1 is 1.26 bits per heavy atom. The Kier molecular flexibility index (Phi) is 8.01. The van der Waals surface area contributed by atoms with Gasteiger partial charge in [-0.1, -0.05) is 0 Å². The van der Waals surface area contributed by atoms with E-state index in [1.165, 1.54) is 12.7 Å². The van der Waals surface area contributed by atoms with Crippen LogP contribution in [0.1, 0.15) is 39.8 Å². The third kappa shape index (κ3) is 6.33. The lowest BCUT2D eigenvalue weighted by atomic mass is 10.1. The summed E-state index contributed by atoms with van der Waals surface area (Å²) in [6.07, 6.45) is 0.799. The Morgan fingerprint density at radius 3 is 2.71 bits per heavy atom. The maximum absolute atomic E-state index is 12.0. The summed E-state index contributed by atoms with van der Waals surface area (Å²) >= 11 is 1.68. The first-order chi connectivity index (χ1) is 16.6. The third-order valence-electron chi connectivity index (χ3n) is 6.14. The fourth-order valence-corrected chi connectivity index (χ4v) is 5.38. The van der Waals surface area contributed by atoms with E-state index in [2.05, 4.69) is 25.2 Å². The SMILES string of the molecule is CC(C)(C)OC(=O)NC1CCN(CCSC[C@H]2O[C@@H](n3cnc4c(N)ncnc43)C(O)C2O)CC1. The van der Waals surface area contributed by atoms with Gasteiger partial charge in [0.05, 0.1) is 12.4 Å². The summed E-state index contributed by atoms with van der Waals surface area (Å²) in [5, 5.41) is 24.1. The number of thioether (sulfide) groups is 1. The third-order valence-corrected chi connectivity index (χ3v) is 7.18. The maximum atomic E-state index is 12.0. The Morgan fingerprint density at radius 2 is 2.00 bits per heavy atom. The number of hydrogen-bond acceptors (Lipinski definition) is 11. The molecule has 35 heavy (non-hydrogen) atoms. The first kappa shape index (κ1) is 25.9. The number of rotatable bonds is 7. The summed E-state index contributed by atoms with van der Waals surface area (Å²) in [7, 11) is 0. The molecule has 0 aromatic carbocycles. The van der Waals surface area contributed by atoms with Crippen LogP contribution in [0.5, 0.6) is 0 Å². The smallest absolute Gasteiger partial charge is 0.407 e. The summed E-state index contributed by atoms with van der Waals surface area (Å²) < 4.78 is 12.9. The predicted molar refractivity (Wildman–Crippen MR) is 132 cm³/mol. The van der Waals surface area contributed by atoms with Crippen LogP contribution >= 0.6 is 11.8 Å². The molecule has 2 aliphatic heterocycles. The van der Waals surface area contributed by atoms with Gasteiger partial charge in [0.2, 0.25) is 0 Å². The van der Waals surface area contributed by atoms with Crippen LogP contribution < -0.4 is 11.1 Å². The van der Waals surface area contributed by atoms with Crippen molar-refractivity contribution in [3.05, 3.63) is 12.7 Å². The molecular formula is C22H35N7O5S. The van der Waals surface area contributed by atoms with Gasteiger partial charge in [-0.25, -0.2) is 19.7 Å². The molecule has 2 fully saturated rings. The van der Waals surface area contributed by atoms with Gasteiger partial charge in [0.1, 0.15) is 29.7 Å². The molecule has 0 bridgehead atoms. The number of alkyl carbamates (subject to hydrolysis) is 1. The minimum atomic E-state index is -1.11. The summed E-state index contributed by atoms with van der Waals surface area (Å²) in [5.41, 5.74) is 6.22. The van der Waals surface area contributed by atoms with Crippen LogP contribution in [0.2, 0.25) is 0 Å². The lowest BCUT2D eigenvalue weighted by Crippen LogP contribution is -2.46. The van der Waals surface area contributed by atoms with Gasteiger partial charge in [0.15, 0.2) is 17.7 Å². The molecule has 2 saturated heterocycles. The molecule has 12 nitrogen and oxygen atoms in total. The van der Waals surface area contributed by atoms with E-state index in [0.29, 0.717) is 16.9 Å². The fraction of sp³-hybridized carbons (Fsp3) is 0.727. The number of likely N-dealkylation sites (tertiary alicyclic amines) is 1. The van der Waals surface area contributed by atoms with Crippen molar-refractivity contribution in [2.24, 2.45) is 0 Å². The molecule has 0 spiro atoms. The highest BCUT2D eigenvalue weighted by atomic mass is 32.2. The van der Waals surface area contributed by atoms with Crippen molar-refractivity contribution in [3.8, 4) is 0 Å². The topological polar surface area (TPSA) is 161 Å². The number of hydrogen-bond donors (Lipinski definition) is 4. The summed E-state index contributed by atoms with van der Waals surface area (Å²) in [6.45, 7) is 8.28. The highest BCUT2D eigenvalue weighted by molar-refractivity contribution is 7.99. The number of nitrogens with zero attached hydrogens (tertiary/aromatic N) is 5. The number of nitrogens with two attached hydrogens (primary N) is 1. The Bertz CT molecular complexity index is 1010. The second kappa shape index (κ2) is 10.8. The van der Waals surface area contributed by atoms with Crippen LogP contribution in [0.15, 0.2) is 12.7 Å². The van der Waals surface area contributed by atoms with Crippen LogP contribution in [0.3, 0.4) is 0 Å². The van der Waals surface area contributed by atoms with Crippen molar-refractivity contribution in [1.29, 1.82) is 0 Å². The van der Waals surface area contributed by atoms with E-state index in [4.69, 9.17) is 15.2 Å². The van der Waals surface area contributed by atoms with Gasteiger partial charge >= 0.3 is 6.09 Å². The number of aromatic nitrogens is 4. The second-order valence-corrected chi connectivity index (χ2v) is 11.1. The van der Waals surface area contributed by atoms with E-state index in [0.717, 1.165) is 38.2 Å². The number of aliphatic hydroxyl groups is 2. The van der Waals surface area contributed by atoms with Gasteiger partial charge < -0.3 is 35.6 Å². The van der Waals surface area contributed by atoms with E-state index in [1.807, 2.05) is 20.8 Å². The number of ether oxygens (including phenoxy) is 2. The first-order valence-electron chi connectivity index (χ1n) is 11.9. The van der Waals surface area contributed by atoms with Crippen molar-refractivity contribution in [1.82, 2.24) is 29.7 Å². The van der Waals surface area contributed by atoms with Gasteiger partial charge in [-0.05, 0) is 33.6 Å². The molecular weight excluding hydrogens is 474 g/mol. The Balaban J connectivity index is 1.18. The van der Waals surface area contributed by atoms with Gasteiger partial charge in [-0.3, -0.25) is 4.57 Å². The van der Waals surface area contributed by atoms with Crippen molar-refractivity contribution in [3.63, 3.8) is 0 Å². The van der Waals surface area contributed by atoms with Crippen LogP contribution in [-0.4, -0.2) is 102 Å². The molecule has 4 atom stereocenters. The number of nitrogens with one attached hydrogen (secondary N) is 1. The molecule has 2 aliphatic rings. The van der Waals surface area contributed by atoms with Crippen LogP contribution in [0, 0.1) is 0 Å². The fourth-order valence-electron chi connectivity index (χ4n) is 4.32. The average molecular weight is 510 g/mol. The monoisotopic (exact) mass is 509 g/mol. The van der Waals surface area contributed by atoms with E-state index >= 15 is 0 Å². The molecule has 0 radical (unpaired) electrons. The van der Waals surface area contributed by atoms with Gasteiger partial charge in [0, 0.05) is 37.2 Å². The molecule has 0 saturated carbocycles. The predicted octanol–water partition coefficient (Wildman–Crippen LogP) is 0.750. The lowest BCUT2D eigenvalue weighted by Gasteiger charge is -2.32. The van der Waals surface area contributed by atoms with Crippen molar-refractivity contribution >= 4 is 34.8 Å².